The molecule has 1 aromatic carbocycles. The number of aryl methyl sites for hydroxylation is 3. The van der Waals surface area contributed by atoms with Crippen LogP contribution in [-0.4, -0.2) is 46.2 Å². The van der Waals surface area contributed by atoms with Gasteiger partial charge in [0.2, 0.25) is 5.91 Å². The van der Waals surface area contributed by atoms with Gasteiger partial charge in [-0.05, 0) is 43.7 Å². The van der Waals surface area contributed by atoms with Crippen molar-refractivity contribution in [3.63, 3.8) is 0 Å². The maximum absolute atomic E-state index is 13.0. The van der Waals surface area contributed by atoms with E-state index < -0.39 is 35.6 Å². The Balaban J connectivity index is 2.01. The Bertz CT molecular complexity index is 1380. The number of benzene rings is 1. The van der Waals surface area contributed by atoms with E-state index in [2.05, 4.69) is 19.8 Å². The molecule has 33 heavy (non-hydrogen) atoms. The highest BCUT2D eigenvalue weighted by Crippen LogP contribution is 2.17. The van der Waals surface area contributed by atoms with Gasteiger partial charge in [-0.1, -0.05) is 0 Å². The molecule has 1 amide bonds. The minimum atomic E-state index is -0.728. The van der Waals surface area contributed by atoms with Crippen LogP contribution in [0.4, 0.5) is 5.69 Å². The molecule has 2 heterocycles. The van der Waals surface area contributed by atoms with Gasteiger partial charge in [0.25, 0.3) is 5.56 Å². The second-order valence-corrected chi connectivity index (χ2v) is 7.34. The third-order valence-corrected chi connectivity index (χ3v) is 4.98. The second-order valence-electron chi connectivity index (χ2n) is 7.34. The number of methoxy groups -OCH3 is 2. The fourth-order valence-corrected chi connectivity index (χ4v) is 3.47. The van der Waals surface area contributed by atoms with E-state index in [0.29, 0.717) is 11.3 Å². The summed E-state index contributed by atoms with van der Waals surface area (Å²) in [5, 5.41) is 2.73. The topological polar surface area (TPSA) is 139 Å². The number of nitrogens with zero attached hydrogens (tertiary/aromatic N) is 3. The van der Waals surface area contributed by atoms with Crippen LogP contribution in [0.15, 0.2) is 33.9 Å². The smallest absolute Gasteiger partial charge is 0.337 e. The normalized spacial score (nSPS) is 10.7. The van der Waals surface area contributed by atoms with E-state index in [1.807, 2.05) is 0 Å². The molecule has 0 unspecified atom stereocenters. The third-order valence-electron chi connectivity index (χ3n) is 4.98. The zero-order valence-corrected chi connectivity index (χ0v) is 18.7. The number of aromatic nitrogens is 3. The molecule has 11 nitrogen and oxygen atoms in total. The number of pyridine rings is 1. The van der Waals surface area contributed by atoms with Gasteiger partial charge in [-0.2, -0.15) is 0 Å². The van der Waals surface area contributed by atoms with E-state index in [1.165, 1.54) is 44.0 Å². The first-order valence-corrected chi connectivity index (χ1v) is 9.76. The Morgan fingerprint density at radius 3 is 2.09 bits per heavy atom. The van der Waals surface area contributed by atoms with Crippen LogP contribution in [0.5, 0.6) is 0 Å². The van der Waals surface area contributed by atoms with Crippen molar-refractivity contribution >= 4 is 34.6 Å². The van der Waals surface area contributed by atoms with E-state index in [-0.39, 0.29) is 27.8 Å². The van der Waals surface area contributed by atoms with E-state index in [1.54, 1.807) is 19.9 Å². The highest BCUT2D eigenvalue weighted by molar-refractivity contribution is 5.99. The van der Waals surface area contributed by atoms with Crippen molar-refractivity contribution in [1.82, 2.24) is 14.1 Å². The van der Waals surface area contributed by atoms with Crippen molar-refractivity contribution in [3.8, 4) is 0 Å². The van der Waals surface area contributed by atoms with Crippen LogP contribution in [0.2, 0.25) is 0 Å². The molecule has 11 heteroatoms. The summed E-state index contributed by atoms with van der Waals surface area (Å²) in [6.07, 6.45) is 0. The first-order valence-electron chi connectivity index (χ1n) is 9.76. The van der Waals surface area contributed by atoms with Crippen molar-refractivity contribution in [1.29, 1.82) is 0 Å². The van der Waals surface area contributed by atoms with Crippen molar-refractivity contribution in [2.24, 2.45) is 7.05 Å². The molecule has 0 atom stereocenters. The number of ether oxygens (including phenoxy) is 2. The van der Waals surface area contributed by atoms with Gasteiger partial charge in [-0.15, -0.1) is 0 Å². The molecule has 0 saturated heterocycles. The molecular formula is C22H22N4O7. The van der Waals surface area contributed by atoms with Crippen LogP contribution in [-0.2, 0) is 27.9 Å². The molecular weight excluding hydrogens is 432 g/mol. The zero-order valence-electron chi connectivity index (χ0n) is 18.7. The van der Waals surface area contributed by atoms with Crippen molar-refractivity contribution < 1.29 is 23.9 Å². The van der Waals surface area contributed by atoms with Gasteiger partial charge in [0, 0.05) is 18.4 Å². The van der Waals surface area contributed by atoms with E-state index in [4.69, 9.17) is 0 Å². The fourth-order valence-electron chi connectivity index (χ4n) is 3.47. The molecule has 2 aromatic heterocycles. The highest BCUT2D eigenvalue weighted by atomic mass is 16.5. The van der Waals surface area contributed by atoms with Crippen molar-refractivity contribution in [2.45, 2.75) is 20.4 Å². The number of rotatable bonds is 5. The molecule has 0 aliphatic carbocycles. The second kappa shape index (κ2) is 9.07. The quantitative estimate of drug-likeness (QED) is 0.562. The van der Waals surface area contributed by atoms with Crippen LogP contribution in [0.25, 0.3) is 11.0 Å². The molecule has 0 aliphatic heterocycles. The number of hydrogen-bond acceptors (Lipinski definition) is 8. The first-order chi connectivity index (χ1) is 15.6. The lowest BCUT2D eigenvalue weighted by atomic mass is 10.1. The number of esters is 2. The van der Waals surface area contributed by atoms with Crippen LogP contribution in [0.1, 0.15) is 32.0 Å². The molecule has 3 aromatic rings. The number of anilines is 1. The van der Waals surface area contributed by atoms with Gasteiger partial charge in [0.15, 0.2) is 0 Å². The van der Waals surface area contributed by atoms with Crippen LogP contribution in [0, 0.1) is 13.8 Å². The van der Waals surface area contributed by atoms with Crippen LogP contribution < -0.4 is 16.6 Å². The first kappa shape index (κ1) is 23.4. The lowest BCUT2D eigenvalue weighted by Gasteiger charge is -2.13. The standard InChI is InChI=1S/C22H22N4O7/c1-11-6-12(2)23-18-17(11)19(28)26(22(31)25(18)3)10-16(27)24-15-8-13(20(29)32-4)7-14(9-15)21(30)33-5/h6-9H,10H2,1-5H3,(H,24,27). The summed E-state index contributed by atoms with van der Waals surface area (Å²) in [4.78, 5) is 66.6. The summed E-state index contributed by atoms with van der Waals surface area (Å²) in [5.41, 5.74) is 0.247. The van der Waals surface area contributed by atoms with Gasteiger partial charge < -0.3 is 14.8 Å². The average Bonchev–Trinajstić information content (AvgIpc) is 2.78. The Kier molecular flexibility index (Phi) is 6.43. The monoisotopic (exact) mass is 454 g/mol. The van der Waals surface area contributed by atoms with E-state index in [9.17, 15) is 24.0 Å². The summed E-state index contributed by atoms with van der Waals surface area (Å²) < 4.78 is 11.3. The van der Waals surface area contributed by atoms with E-state index in [0.717, 1.165) is 4.57 Å². The Morgan fingerprint density at radius 2 is 1.55 bits per heavy atom. The maximum atomic E-state index is 13.0. The molecule has 0 radical (unpaired) electrons. The lowest BCUT2D eigenvalue weighted by Crippen LogP contribution is -2.42. The van der Waals surface area contributed by atoms with Crippen molar-refractivity contribution in [3.05, 3.63) is 67.5 Å². The van der Waals surface area contributed by atoms with Gasteiger partial charge >= 0.3 is 17.6 Å². The van der Waals surface area contributed by atoms with Crippen LogP contribution in [0.3, 0.4) is 0 Å². The predicted octanol–water partition coefficient (Wildman–Crippen LogP) is 0.924. The highest BCUT2D eigenvalue weighted by Gasteiger charge is 2.18. The largest absolute Gasteiger partial charge is 0.465 e. The third kappa shape index (κ3) is 4.52. The van der Waals surface area contributed by atoms with Gasteiger partial charge in [-0.3, -0.25) is 18.7 Å². The average molecular weight is 454 g/mol. The Hall–Kier alpha value is -4.28. The summed E-state index contributed by atoms with van der Waals surface area (Å²) in [7, 11) is 3.81. The maximum Gasteiger partial charge on any atom is 0.337 e. The SMILES string of the molecule is COC(=O)c1cc(NC(=O)Cn2c(=O)c3c(C)cc(C)nc3n(C)c2=O)cc(C(=O)OC)c1. The number of nitrogens with one attached hydrogen (secondary N) is 1. The van der Waals surface area contributed by atoms with Gasteiger partial charge in [0.1, 0.15) is 12.2 Å². The Labute approximate surface area is 187 Å². The minimum absolute atomic E-state index is 0.00607. The van der Waals surface area contributed by atoms with Gasteiger partial charge in [-0.25, -0.2) is 19.4 Å². The summed E-state index contributed by atoms with van der Waals surface area (Å²) in [6, 6.07) is 5.57. The Morgan fingerprint density at radius 1 is 0.970 bits per heavy atom. The number of hydrogen-bond donors (Lipinski definition) is 1. The molecule has 0 bridgehead atoms. The van der Waals surface area contributed by atoms with Crippen molar-refractivity contribution in [2.75, 3.05) is 19.5 Å². The molecule has 3 rings (SSSR count). The van der Waals surface area contributed by atoms with E-state index >= 15 is 0 Å². The summed E-state index contributed by atoms with van der Waals surface area (Å²) >= 11 is 0. The number of fused-ring (bicyclic) bond motifs is 1. The minimum Gasteiger partial charge on any atom is -0.465 e. The number of amides is 1. The molecule has 1 N–H and O–H groups in total. The van der Waals surface area contributed by atoms with Gasteiger partial charge in [0.05, 0.1) is 30.7 Å². The number of carbonyl (C=O) groups excluding carboxylic acids is 3. The molecule has 0 aliphatic rings. The summed E-state index contributed by atoms with van der Waals surface area (Å²) in [5.74, 6) is -2.17. The molecule has 0 saturated carbocycles. The van der Waals surface area contributed by atoms with Crippen LogP contribution >= 0.6 is 0 Å². The fraction of sp³-hybridized carbons (Fsp3) is 0.273. The number of carbonyl (C=O) groups is 3. The molecule has 172 valence electrons. The molecule has 0 spiro atoms. The lowest BCUT2D eigenvalue weighted by molar-refractivity contribution is -0.116. The molecule has 0 fully saturated rings. The predicted molar refractivity (Wildman–Crippen MR) is 118 cm³/mol. The zero-order chi connectivity index (χ0) is 24.4. The summed E-state index contributed by atoms with van der Waals surface area (Å²) in [6.45, 7) is 2.88.